The van der Waals surface area contributed by atoms with E-state index in [1.54, 1.807) is 6.20 Å². The number of benzene rings is 2. The van der Waals surface area contributed by atoms with Crippen LogP contribution in [0.15, 0.2) is 54.9 Å². The molecule has 1 saturated carbocycles. The Hall–Kier alpha value is -1.81. The molecule has 1 aromatic heterocycles. The lowest BCUT2D eigenvalue weighted by Crippen LogP contribution is -2.36. The Labute approximate surface area is 169 Å². The quantitative estimate of drug-likeness (QED) is 0.568. The second kappa shape index (κ2) is 8.47. The molecule has 0 radical (unpaired) electrons. The first-order chi connectivity index (χ1) is 13.2. The van der Waals surface area contributed by atoms with E-state index < -0.39 is 0 Å². The number of aromatic nitrogens is 1. The summed E-state index contributed by atoms with van der Waals surface area (Å²) in [5, 5.41) is 7.22. The topological polar surface area (TPSA) is 34.1 Å². The molecule has 1 aliphatic carbocycles. The molecule has 0 unspecified atom stereocenters. The predicted octanol–water partition coefficient (Wildman–Crippen LogP) is 6.02. The minimum atomic E-state index is 0.208. The van der Waals surface area contributed by atoms with Crippen molar-refractivity contribution in [1.29, 1.82) is 0 Å². The van der Waals surface area contributed by atoms with E-state index in [9.17, 15) is 0 Å². The molecule has 1 heterocycles. The number of fused-ring (bicyclic) bond motifs is 1. The van der Waals surface area contributed by atoms with Gasteiger partial charge in [0.05, 0.1) is 11.1 Å². The number of hydrogen-bond donors (Lipinski definition) is 1. The van der Waals surface area contributed by atoms with Crippen molar-refractivity contribution in [1.82, 2.24) is 10.3 Å². The summed E-state index contributed by atoms with van der Waals surface area (Å²) in [5.41, 5.74) is 1.15. The molecule has 0 bridgehead atoms. The number of nitrogens with zero attached hydrogens (tertiary/aromatic N) is 1. The number of halogens is 2. The molecular formula is C22H22Cl2N2O. The van der Waals surface area contributed by atoms with Crippen LogP contribution in [-0.2, 0) is 6.54 Å². The van der Waals surface area contributed by atoms with Crippen LogP contribution in [0.5, 0.6) is 5.75 Å². The van der Waals surface area contributed by atoms with E-state index in [1.165, 1.54) is 0 Å². The first-order valence-electron chi connectivity index (χ1n) is 9.36. The average molecular weight is 401 g/mol. The van der Waals surface area contributed by atoms with Crippen LogP contribution in [0, 0.1) is 0 Å². The molecule has 0 atom stereocenters. The number of ether oxygens (including phenoxy) is 1. The van der Waals surface area contributed by atoms with Crippen molar-refractivity contribution in [2.24, 2.45) is 0 Å². The first kappa shape index (κ1) is 18.5. The smallest absolute Gasteiger partial charge is 0.138 e. The maximum Gasteiger partial charge on any atom is 0.138 e. The van der Waals surface area contributed by atoms with Gasteiger partial charge in [0.1, 0.15) is 5.75 Å². The van der Waals surface area contributed by atoms with Gasteiger partial charge in [-0.25, -0.2) is 0 Å². The minimum Gasteiger partial charge on any atom is -0.489 e. The highest BCUT2D eigenvalue weighted by Gasteiger charge is 2.23. The van der Waals surface area contributed by atoms with Gasteiger partial charge in [0.15, 0.2) is 0 Å². The van der Waals surface area contributed by atoms with Crippen LogP contribution in [0.25, 0.3) is 10.8 Å². The molecule has 0 amide bonds. The Morgan fingerprint density at radius 1 is 0.963 bits per heavy atom. The predicted molar refractivity (Wildman–Crippen MR) is 112 cm³/mol. The molecule has 140 valence electrons. The summed E-state index contributed by atoms with van der Waals surface area (Å²) in [7, 11) is 0. The van der Waals surface area contributed by atoms with Gasteiger partial charge in [-0.3, -0.25) is 4.98 Å². The van der Waals surface area contributed by atoms with Gasteiger partial charge in [-0.2, -0.15) is 0 Å². The summed E-state index contributed by atoms with van der Waals surface area (Å²) in [5.74, 6) is 0.767. The Morgan fingerprint density at radius 3 is 2.59 bits per heavy atom. The fourth-order valence-corrected chi connectivity index (χ4v) is 4.06. The molecule has 1 N–H and O–H groups in total. The van der Waals surface area contributed by atoms with Crippen LogP contribution < -0.4 is 10.1 Å². The lowest BCUT2D eigenvalue weighted by molar-refractivity contribution is 0.139. The highest BCUT2D eigenvalue weighted by Crippen LogP contribution is 2.33. The van der Waals surface area contributed by atoms with Crippen LogP contribution in [0.4, 0.5) is 0 Å². The van der Waals surface area contributed by atoms with Gasteiger partial charge in [0.2, 0.25) is 0 Å². The van der Waals surface area contributed by atoms with Crippen LogP contribution in [0.2, 0.25) is 10.0 Å². The third-order valence-electron chi connectivity index (χ3n) is 5.20. The third kappa shape index (κ3) is 4.55. The van der Waals surface area contributed by atoms with Crippen molar-refractivity contribution in [3.8, 4) is 5.75 Å². The highest BCUT2D eigenvalue weighted by atomic mass is 35.5. The largest absolute Gasteiger partial charge is 0.489 e. The summed E-state index contributed by atoms with van der Waals surface area (Å²) in [4.78, 5) is 4.14. The maximum atomic E-state index is 6.41. The van der Waals surface area contributed by atoms with Crippen molar-refractivity contribution >= 4 is 34.0 Å². The second-order valence-electron chi connectivity index (χ2n) is 7.07. The fourth-order valence-electron chi connectivity index (χ4n) is 3.64. The van der Waals surface area contributed by atoms with Crippen molar-refractivity contribution in [3.63, 3.8) is 0 Å². The Morgan fingerprint density at radius 2 is 1.78 bits per heavy atom. The van der Waals surface area contributed by atoms with Gasteiger partial charge in [-0.05, 0) is 60.9 Å². The summed E-state index contributed by atoms with van der Waals surface area (Å²) in [6, 6.07) is 14.4. The van der Waals surface area contributed by atoms with Crippen molar-refractivity contribution in [2.75, 3.05) is 0 Å². The van der Waals surface area contributed by atoms with E-state index in [1.807, 2.05) is 42.6 Å². The lowest BCUT2D eigenvalue weighted by atomic mass is 9.92. The van der Waals surface area contributed by atoms with Gasteiger partial charge in [-0.1, -0.05) is 41.4 Å². The maximum absolute atomic E-state index is 6.41. The van der Waals surface area contributed by atoms with Crippen molar-refractivity contribution in [3.05, 3.63) is 70.5 Å². The number of hydrogen-bond acceptors (Lipinski definition) is 3. The molecule has 0 saturated heterocycles. The number of nitrogens with one attached hydrogen (secondary N) is 1. The van der Waals surface area contributed by atoms with E-state index in [0.29, 0.717) is 11.1 Å². The van der Waals surface area contributed by atoms with Gasteiger partial charge in [0.25, 0.3) is 0 Å². The van der Waals surface area contributed by atoms with Gasteiger partial charge in [-0.15, -0.1) is 0 Å². The van der Waals surface area contributed by atoms with Crippen LogP contribution >= 0.6 is 23.2 Å². The van der Waals surface area contributed by atoms with E-state index in [-0.39, 0.29) is 6.10 Å². The SMILES string of the molecule is Clc1ccccc1CN[C@H]1CC[C@H](Oc2cc3ccncc3cc2Cl)CC1. The van der Waals surface area contributed by atoms with E-state index in [2.05, 4.69) is 16.4 Å². The normalized spacial score (nSPS) is 19.9. The fraction of sp³-hybridized carbons (Fsp3) is 0.318. The lowest BCUT2D eigenvalue weighted by Gasteiger charge is -2.30. The van der Waals surface area contributed by atoms with Crippen LogP contribution in [-0.4, -0.2) is 17.1 Å². The molecule has 2 aromatic carbocycles. The summed E-state index contributed by atoms with van der Waals surface area (Å²) < 4.78 is 6.22. The molecule has 1 fully saturated rings. The monoisotopic (exact) mass is 400 g/mol. The van der Waals surface area contributed by atoms with Crippen molar-refractivity contribution < 1.29 is 4.74 Å². The van der Waals surface area contributed by atoms with Crippen LogP contribution in [0.3, 0.4) is 0 Å². The van der Waals surface area contributed by atoms with E-state index in [0.717, 1.165) is 59.3 Å². The average Bonchev–Trinajstić information content (AvgIpc) is 2.69. The summed E-state index contributed by atoms with van der Waals surface area (Å²) in [6.07, 6.45) is 8.03. The van der Waals surface area contributed by atoms with Crippen molar-refractivity contribution in [2.45, 2.75) is 44.4 Å². The van der Waals surface area contributed by atoms with Crippen LogP contribution in [0.1, 0.15) is 31.2 Å². The third-order valence-corrected chi connectivity index (χ3v) is 5.86. The van der Waals surface area contributed by atoms with E-state index in [4.69, 9.17) is 27.9 Å². The number of rotatable bonds is 5. The van der Waals surface area contributed by atoms with E-state index >= 15 is 0 Å². The van der Waals surface area contributed by atoms with Gasteiger partial charge < -0.3 is 10.1 Å². The second-order valence-corrected chi connectivity index (χ2v) is 7.88. The Bertz CT molecular complexity index is 923. The molecule has 4 rings (SSSR count). The number of pyridine rings is 1. The highest BCUT2D eigenvalue weighted by molar-refractivity contribution is 6.33. The summed E-state index contributed by atoms with van der Waals surface area (Å²) in [6.45, 7) is 0.806. The first-order valence-corrected chi connectivity index (χ1v) is 10.1. The molecule has 5 heteroatoms. The van der Waals surface area contributed by atoms with Gasteiger partial charge in [0, 0.05) is 35.4 Å². The van der Waals surface area contributed by atoms with Gasteiger partial charge >= 0.3 is 0 Å². The standard InChI is InChI=1S/C22H22Cl2N2O/c23-20-4-2-1-3-16(20)14-26-18-5-7-19(8-6-18)27-22-12-15-9-10-25-13-17(15)11-21(22)24/h1-4,9-13,18-19,26H,5-8,14H2/t18-,19-. The summed E-state index contributed by atoms with van der Waals surface area (Å²) >= 11 is 12.6. The zero-order valence-corrected chi connectivity index (χ0v) is 16.5. The molecule has 3 aromatic rings. The zero-order valence-electron chi connectivity index (χ0n) is 15.0. The Balaban J connectivity index is 1.32. The molecule has 3 nitrogen and oxygen atoms in total. The molecule has 0 spiro atoms. The molecule has 1 aliphatic rings. The zero-order chi connectivity index (χ0) is 18.6. The molecule has 0 aliphatic heterocycles. The molecule has 27 heavy (non-hydrogen) atoms. The minimum absolute atomic E-state index is 0.208. The molecular weight excluding hydrogens is 379 g/mol. The Kier molecular flexibility index (Phi) is 5.82.